The van der Waals surface area contributed by atoms with E-state index in [4.69, 9.17) is 15.3 Å². The van der Waals surface area contributed by atoms with Crippen LogP contribution in [0.3, 0.4) is 0 Å². The summed E-state index contributed by atoms with van der Waals surface area (Å²) in [5.41, 5.74) is 6.50. The summed E-state index contributed by atoms with van der Waals surface area (Å²) < 4.78 is 5.59. The highest BCUT2D eigenvalue weighted by Crippen LogP contribution is 2.39. The molecule has 0 unspecified atom stereocenters. The lowest BCUT2D eigenvalue weighted by molar-refractivity contribution is 0.147. The summed E-state index contributed by atoms with van der Waals surface area (Å²) in [7, 11) is 1.70. The minimum atomic E-state index is 0.185. The smallest absolute Gasteiger partial charge is 0.128 e. The van der Waals surface area contributed by atoms with Gasteiger partial charge in [0.15, 0.2) is 0 Å². The average Bonchev–Trinajstić information content (AvgIpc) is 3.32. The number of piperazine rings is 1. The fourth-order valence-corrected chi connectivity index (χ4v) is 4.80. The molecule has 0 spiro atoms. The largest absolute Gasteiger partial charge is 0.496 e. The predicted octanol–water partition coefficient (Wildman–Crippen LogP) is 3.59. The zero-order chi connectivity index (χ0) is 23.5. The van der Waals surface area contributed by atoms with Crippen LogP contribution in [0.25, 0.3) is 22.8 Å². The van der Waals surface area contributed by atoms with E-state index in [1.54, 1.807) is 7.11 Å². The summed E-state index contributed by atoms with van der Waals surface area (Å²) in [6.45, 7) is 4.97. The van der Waals surface area contributed by atoms with Gasteiger partial charge in [-0.05, 0) is 29.3 Å². The van der Waals surface area contributed by atoms with Crippen LogP contribution in [0, 0.1) is 5.41 Å². The first kappa shape index (κ1) is 22.3. The third kappa shape index (κ3) is 4.32. The molecular formula is C27H31N5O2. The van der Waals surface area contributed by atoms with Gasteiger partial charge in [-0.1, -0.05) is 36.4 Å². The minimum Gasteiger partial charge on any atom is -0.496 e. The molecule has 3 aromatic rings. The highest BCUT2D eigenvalue weighted by Gasteiger charge is 2.22. The minimum absolute atomic E-state index is 0.185. The maximum Gasteiger partial charge on any atom is 0.128 e. The molecule has 1 fully saturated rings. The normalized spacial score (nSPS) is 15.9. The molecule has 0 amide bonds. The van der Waals surface area contributed by atoms with E-state index in [9.17, 15) is 0 Å². The van der Waals surface area contributed by atoms with Gasteiger partial charge in [0.2, 0.25) is 0 Å². The molecule has 1 aromatic heterocycles. The molecule has 2 aliphatic heterocycles. The van der Waals surface area contributed by atoms with Crippen molar-refractivity contribution in [1.29, 1.82) is 5.41 Å². The molecule has 3 heterocycles. The van der Waals surface area contributed by atoms with Gasteiger partial charge < -0.3 is 25.0 Å². The van der Waals surface area contributed by atoms with Crippen LogP contribution < -0.4 is 10.1 Å². The van der Waals surface area contributed by atoms with Crippen LogP contribution >= 0.6 is 0 Å². The molecule has 2 aromatic carbocycles. The van der Waals surface area contributed by atoms with Crippen molar-refractivity contribution in [3.05, 3.63) is 71.4 Å². The molecule has 7 nitrogen and oxygen atoms in total. The molecule has 34 heavy (non-hydrogen) atoms. The van der Waals surface area contributed by atoms with E-state index < -0.39 is 0 Å². The first-order chi connectivity index (χ1) is 16.7. The first-order valence-corrected chi connectivity index (χ1v) is 11.7. The Morgan fingerprint density at radius 2 is 1.88 bits per heavy atom. The van der Waals surface area contributed by atoms with Crippen molar-refractivity contribution >= 4 is 23.3 Å². The molecule has 2 aliphatic rings. The van der Waals surface area contributed by atoms with E-state index in [1.165, 1.54) is 5.57 Å². The molecule has 1 saturated heterocycles. The second kappa shape index (κ2) is 9.75. The van der Waals surface area contributed by atoms with Gasteiger partial charge in [0, 0.05) is 67.7 Å². The van der Waals surface area contributed by atoms with Crippen LogP contribution in [0.2, 0.25) is 0 Å². The van der Waals surface area contributed by atoms with Gasteiger partial charge >= 0.3 is 0 Å². The van der Waals surface area contributed by atoms with Crippen molar-refractivity contribution < 1.29 is 9.84 Å². The number of H-pyrrole nitrogens is 1. The number of aromatic nitrogens is 1. The van der Waals surface area contributed by atoms with Crippen LogP contribution in [-0.2, 0) is 0 Å². The van der Waals surface area contributed by atoms with Crippen molar-refractivity contribution in [2.75, 3.05) is 58.3 Å². The van der Waals surface area contributed by atoms with Crippen LogP contribution in [-0.4, -0.2) is 78.7 Å². The van der Waals surface area contributed by atoms with Crippen LogP contribution in [0.4, 0.5) is 5.82 Å². The van der Waals surface area contributed by atoms with E-state index in [2.05, 4.69) is 44.4 Å². The summed E-state index contributed by atoms with van der Waals surface area (Å²) >= 11 is 0. The second-order valence-corrected chi connectivity index (χ2v) is 8.70. The fourth-order valence-electron chi connectivity index (χ4n) is 4.80. The molecule has 0 radical (unpaired) electrons. The van der Waals surface area contributed by atoms with Crippen molar-refractivity contribution in [2.45, 2.75) is 0 Å². The zero-order valence-corrected chi connectivity index (χ0v) is 19.5. The lowest BCUT2D eigenvalue weighted by Crippen LogP contribution is -2.49. The Kier molecular flexibility index (Phi) is 6.38. The van der Waals surface area contributed by atoms with Crippen molar-refractivity contribution in [3.8, 4) is 16.9 Å². The number of para-hydroxylation sites is 1. The van der Waals surface area contributed by atoms with Gasteiger partial charge in [0.05, 0.1) is 13.7 Å². The van der Waals surface area contributed by atoms with Crippen molar-refractivity contribution in [1.82, 2.24) is 14.8 Å². The van der Waals surface area contributed by atoms with E-state index >= 15 is 0 Å². The Bertz CT molecular complexity index is 1210. The molecule has 4 N–H and O–H groups in total. The first-order valence-electron chi connectivity index (χ1n) is 11.7. The van der Waals surface area contributed by atoms with Gasteiger partial charge in [-0.2, -0.15) is 0 Å². The summed E-state index contributed by atoms with van der Waals surface area (Å²) in [5, 5.41) is 21.5. The number of nitrogens with one attached hydrogen (secondary N) is 3. The lowest BCUT2D eigenvalue weighted by atomic mass is 9.95. The highest BCUT2D eigenvalue weighted by atomic mass is 16.5. The number of aromatic amines is 1. The molecule has 7 heteroatoms. The fraction of sp³-hybridized carbons (Fsp3) is 0.296. The lowest BCUT2D eigenvalue weighted by Gasteiger charge is -2.35. The Morgan fingerprint density at radius 1 is 1.06 bits per heavy atom. The highest BCUT2D eigenvalue weighted by molar-refractivity contribution is 6.00. The second-order valence-electron chi connectivity index (χ2n) is 8.70. The molecule has 0 saturated carbocycles. The third-order valence-electron chi connectivity index (χ3n) is 6.70. The van der Waals surface area contributed by atoms with Crippen LogP contribution in [0.5, 0.6) is 5.75 Å². The average molecular weight is 458 g/mol. The molecular weight excluding hydrogens is 426 g/mol. The number of benzene rings is 2. The van der Waals surface area contributed by atoms with Gasteiger partial charge in [0.1, 0.15) is 17.4 Å². The number of nitrogens with zero attached hydrogens (tertiary/aromatic N) is 2. The number of β-amino-alcohol motifs (C(OH)–C–C–N with tert-alkyl or cyclic N) is 1. The third-order valence-corrected chi connectivity index (χ3v) is 6.70. The Morgan fingerprint density at radius 3 is 2.68 bits per heavy atom. The van der Waals surface area contributed by atoms with Crippen LogP contribution in [0.1, 0.15) is 16.7 Å². The monoisotopic (exact) mass is 457 g/mol. The molecule has 5 rings (SSSR count). The number of rotatable bonds is 6. The van der Waals surface area contributed by atoms with Gasteiger partial charge in [-0.25, -0.2) is 0 Å². The van der Waals surface area contributed by atoms with E-state index in [0.717, 1.165) is 72.1 Å². The van der Waals surface area contributed by atoms with Gasteiger partial charge in [-0.3, -0.25) is 10.3 Å². The summed E-state index contributed by atoms with van der Waals surface area (Å²) in [6.07, 6.45) is 4.26. The number of hydrogen-bond acceptors (Lipinski definition) is 5. The predicted molar refractivity (Wildman–Crippen MR) is 138 cm³/mol. The van der Waals surface area contributed by atoms with E-state index in [0.29, 0.717) is 12.4 Å². The van der Waals surface area contributed by atoms with Gasteiger partial charge in [-0.15, -0.1) is 0 Å². The summed E-state index contributed by atoms with van der Waals surface area (Å²) in [4.78, 5) is 7.73. The maximum atomic E-state index is 9.17. The number of ether oxygens (including phenoxy) is 1. The number of aliphatic hydroxyl groups is 1. The molecule has 0 aliphatic carbocycles. The number of hydrogen-bond donors (Lipinski definition) is 4. The quantitative estimate of drug-likeness (QED) is 0.336. The standard InChI is InChI=1S/C27H31N5O2/c1-34-25-8-3-2-7-22(25)24-18-30-27-23(24)16-21(17-29-27)19-5-4-6-20(15-19)26(28)32-11-9-31(10-12-32)13-14-33/h2-8,15-16,18,28-30,33H,9-14,17H2,1H3. The Hall–Kier alpha value is -3.55. The number of aliphatic hydroxyl groups excluding tert-OH is 1. The van der Waals surface area contributed by atoms with Crippen molar-refractivity contribution in [2.24, 2.45) is 0 Å². The van der Waals surface area contributed by atoms with E-state index in [1.807, 2.05) is 36.5 Å². The van der Waals surface area contributed by atoms with Crippen molar-refractivity contribution in [3.63, 3.8) is 0 Å². The Labute approximate surface area is 200 Å². The van der Waals surface area contributed by atoms with Crippen LogP contribution in [0.15, 0.2) is 54.7 Å². The molecule has 0 atom stereocenters. The number of amidine groups is 1. The summed E-state index contributed by atoms with van der Waals surface area (Å²) in [5.74, 6) is 2.42. The van der Waals surface area contributed by atoms with E-state index in [-0.39, 0.29) is 6.61 Å². The maximum absolute atomic E-state index is 9.17. The van der Waals surface area contributed by atoms with Gasteiger partial charge in [0.25, 0.3) is 0 Å². The molecule has 0 bridgehead atoms. The summed E-state index contributed by atoms with van der Waals surface area (Å²) in [6, 6.07) is 16.4. The SMILES string of the molecule is COc1ccccc1-c1c[nH]c2c1C=C(c1cccc(C(=N)N3CCN(CCO)CC3)c1)CN2. The number of methoxy groups -OCH3 is 1. The number of fused-ring (bicyclic) bond motifs is 1. The zero-order valence-electron chi connectivity index (χ0n) is 19.5. The topological polar surface area (TPSA) is 87.6 Å². The Balaban J connectivity index is 1.40. The number of anilines is 1. The molecule has 176 valence electrons.